The molecule has 0 unspecified atom stereocenters. The lowest BCUT2D eigenvalue weighted by molar-refractivity contribution is 0.411. The van der Waals surface area contributed by atoms with E-state index in [2.05, 4.69) is 25.6 Å². The summed E-state index contributed by atoms with van der Waals surface area (Å²) in [6, 6.07) is 7.60. The van der Waals surface area contributed by atoms with Crippen LogP contribution in [-0.4, -0.2) is 38.7 Å². The maximum absolute atomic E-state index is 12.1. The van der Waals surface area contributed by atoms with Crippen LogP contribution in [0.2, 0.25) is 0 Å². The Hall–Kier alpha value is -3.42. The zero-order valence-electron chi connectivity index (χ0n) is 16.5. The zero-order valence-corrected chi connectivity index (χ0v) is 16.5. The molecule has 154 valence electrons. The van der Waals surface area contributed by atoms with Crippen LogP contribution in [0.15, 0.2) is 53.8 Å². The summed E-state index contributed by atoms with van der Waals surface area (Å²) in [5.74, 6) is 2.23. The first-order valence-corrected chi connectivity index (χ1v) is 9.65. The highest BCUT2D eigenvalue weighted by atomic mass is 16.5. The summed E-state index contributed by atoms with van der Waals surface area (Å²) in [5.41, 5.74) is 1.48. The number of nitrogens with zero attached hydrogens (tertiary/aromatic N) is 4. The summed E-state index contributed by atoms with van der Waals surface area (Å²) >= 11 is 0. The van der Waals surface area contributed by atoms with Crippen LogP contribution in [0.1, 0.15) is 27.8 Å². The Labute approximate surface area is 172 Å². The van der Waals surface area contributed by atoms with E-state index in [0.717, 1.165) is 36.6 Å². The first kappa shape index (κ1) is 18.9. The molecule has 1 aliphatic carbocycles. The minimum absolute atomic E-state index is 0. The Kier molecular flexibility index (Phi) is 5.41. The van der Waals surface area contributed by atoms with Crippen LogP contribution in [0, 0.1) is 6.92 Å². The maximum atomic E-state index is 12.1. The molecule has 3 aromatic rings. The molecule has 0 aromatic carbocycles. The molecular formula is C21H28N6O2. The monoisotopic (exact) mass is 396 g/mol. The molecule has 0 bridgehead atoms. The smallest absolute Gasteiger partial charge is 0.255 e. The fourth-order valence-electron chi connectivity index (χ4n) is 3.53. The van der Waals surface area contributed by atoms with Gasteiger partial charge in [-0.1, -0.05) is 0 Å². The molecule has 0 radical (unpaired) electrons. The lowest BCUT2D eigenvalue weighted by atomic mass is 10.2. The fourth-order valence-corrected chi connectivity index (χ4v) is 3.53. The highest BCUT2D eigenvalue weighted by Crippen LogP contribution is 2.25. The van der Waals surface area contributed by atoms with Crippen LogP contribution in [0.5, 0.6) is 5.75 Å². The van der Waals surface area contributed by atoms with Gasteiger partial charge in [-0.15, -0.1) is 0 Å². The Bertz CT molecular complexity index is 1030. The number of nitrogens with one attached hydrogen (secondary N) is 2. The lowest BCUT2D eigenvalue weighted by Gasteiger charge is -2.16. The van der Waals surface area contributed by atoms with Crippen LogP contribution >= 0.6 is 0 Å². The molecule has 8 heteroatoms. The van der Waals surface area contributed by atoms with E-state index >= 15 is 0 Å². The van der Waals surface area contributed by atoms with Gasteiger partial charge in [-0.05, 0) is 44.4 Å². The van der Waals surface area contributed by atoms with Gasteiger partial charge in [-0.25, -0.2) is 9.97 Å². The number of pyridine rings is 2. The van der Waals surface area contributed by atoms with E-state index in [1.54, 1.807) is 38.0 Å². The zero-order chi connectivity index (χ0) is 20.2. The highest BCUT2D eigenvalue weighted by Gasteiger charge is 2.25. The first-order chi connectivity index (χ1) is 14.1. The van der Waals surface area contributed by atoms with Gasteiger partial charge in [-0.2, -0.15) is 0 Å². The second-order valence-corrected chi connectivity index (χ2v) is 7.22. The summed E-state index contributed by atoms with van der Waals surface area (Å²) < 4.78 is 6.72. The van der Waals surface area contributed by atoms with Crippen molar-refractivity contribution in [3.05, 3.63) is 65.1 Å². The summed E-state index contributed by atoms with van der Waals surface area (Å²) in [4.78, 5) is 25.2. The molecule has 0 aliphatic heterocycles. The number of methoxy groups -OCH3 is 1. The van der Waals surface area contributed by atoms with Crippen molar-refractivity contribution in [2.75, 3.05) is 17.7 Å². The fraction of sp³-hybridized carbons (Fsp3) is 0.333. The number of anilines is 2. The van der Waals surface area contributed by atoms with E-state index < -0.39 is 0 Å². The molecule has 1 aliphatic rings. The van der Waals surface area contributed by atoms with Gasteiger partial charge in [0.2, 0.25) is 0 Å². The van der Waals surface area contributed by atoms with Crippen molar-refractivity contribution in [3.63, 3.8) is 0 Å². The van der Waals surface area contributed by atoms with Gasteiger partial charge in [0.25, 0.3) is 5.56 Å². The van der Waals surface area contributed by atoms with Crippen molar-refractivity contribution in [1.82, 2.24) is 19.5 Å². The van der Waals surface area contributed by atoms with E-state index in [-0.39, 0.29) is 8.41 Å². The second kappa shape index (κ2) is 8.30. The molecule has 0 saturated heterocycles. The number of aryl methyl sites for hydroxylation is 1. The summed E-state index contributed by atoms with van der Waals surface area (Å²) in [5, 5.41) is 6.93. The molecule has 0 spiro atoms. The highest BCUT2D eigenvalue weighted by molar-refractivity contribution is 5.43. The van der Waals surface area contributed by atoms with E-state index in [4.69, 9.17) is 4.74 Å². The van der Waals surface area contributed by atoms with Gasteiger partial charge in [0.15, 0.2) is 0 Å². The standard InChI is InChI=1S/C21H24N6O2.2H2/c1-14-10-23-20(12-22-14)26-16-4-3-15(9-16)25-19-7-5-17(11-24-19)27-13-18(29-2)6-8-21(27)28;;/h5-8,10-13,15-16H,3-4,9H2,1-2H3,(H,23,26)(H,24,25);2*1H/t15-,16-;;/m0../s1. The topological polar surface area (TPSA) is 94.0 Å². The van der Waals surface area contributed by atoms with E-state index in [0.29, 0.717) is 23.5 Å². The molecule has 3 heterocycles. The molecular weight excluding hydrogens is 368 g/mol. The molecule has 1 fully saturated rings. The number of hydrogen-bond acceptors (Lipinski definition) is 7. The van der Waals surface area contributed by atoms with Crippen molar-refractivity contribution in [3.8, 4) is 11.4 Å². The Balaban J connectivity index is 0.00000171. The van der Waals surface area contributed by atoms with Crippen LogP contribution < -0.4 is 20.9 Å². The van der Waals surface area contributed by atoms with E-state index in [9.17, 15) is 4.79 Å². The molecule has 1 saturated carbocycles. The van der Waals surface area contributed by atoms with Gasteiger partial charge in [0.1, 0.15) is 17.4 Å². The van der Waals surface area contributed by atoms with E-state index in [1.807, 2.05) is 19.1 Å². The third kappa shape index (κ3) is 4.53. The number of rotatable bonds is 6. The average molecular weight is 396 g/mol. The summed E-state index contributed by atoms with van der Waals surface area (Å²) in [7, 11) is 1.57. The van der Waals surface area contributed by atoms with Gasteiger partial charge in [-0.3, -0.25) is 14.3 Å². The average Bonchev–Trinajstić information content (AvgIpc) is 3.17. The molecule has 0 amide bonds. The van der Waals surface area contributed by atoms with Crippen molar-refractivity contribution >= 4 is 11.6 Å². The molecule has 2 atom stereocenters. The van der Waals surface area contributed by atoms with Crippen molar-refractivity contribution in [2.24, 2.45) is 0 Å². The second-order valence-electron chi connectivity index (χ2n) is 7.22. The summed E-state index contributed by atoms with van der Waals surface area (Å²) in [6.45, 7) is 1.93. The Morgan fingerprint density at radius 1 is 1.00 bits per heavy atom. The maximum Gasteiger partial charge on any atom is 0.255 e. The van der Waals surface area contributed by atoms with Crippen molar-refractivity contribution in [2.45, 2.75) is 38.3 Å². The van der Waals surface area contributed by atoms with Crippen LogP contribution in [0.3, 0.4) is 0 Å². The predicted molar refractivity (Wildman–Crippen MR) is 116 cm³/mol. The minimum atomic E-state index is -0.128. The number of ether oxygens (including phenoxy) is 1. The van der Waals surface area contributed by atoms with Gasteiger partial charge >= 0.3 is 0 Å². The molecule has 2 N–H and O–H groups in total. The molecule has 29 heavy (non-hydrogen) atoms. The normalized spacial score (nSPS) is 18.4. The van der Waals surface area contributed by atoms with E-state index in [1.165, 1.54) is 10.6 Å². The molecule has 4 rings (SSSR count). The predicted octanol–water partition coefficient (Wildman–Crippen LogP) is 3.28. The number of aromatic nitrogens is 4. The molecule has 3 aromatic heterocycles. The lowest BCUT2D eigenvalue weighted by Crippen LogP contribution is -2.22. The van der Waals surface area contributed by atoms with Gasteiger partial charge < -0.3 is 15.4 Å². The summed E-state index contributed by atoms with van der Waals surface area (Å²) in [6.07, 6.45) is 9.99. The minimum Gasteiger partial charge on any atom is -0.495 e. The van der Waals surface area contributed by atoms with Crippen LogP contribution in [0.4, 0.5) is 11.6 Å². The first-order valence-electron chi connectivity index (χ1n) is 9.65. The Morgan fingerprint density at radius 2 is 1.76 bits per heavy atom. The molecule has 8 nitrogen and oxygen atoms in total. The van der Waals surface area contributed by atoms with Crippen molar-refractivity contribution in [1.29, 1.82) is 0 Å². The van der Waals surface area contributed by atoms with Gasteiger partial charge in [0, 0.05) is 21.0 Å². The third-order valence-corrected chi connectivity index (χ3v) is 5.06. The van der Waals surface area contributed by atoms with Gasteiger partial charge in [0.05, 0.1) is 43.3 Å². The quantitative estimate of drug-likeness (QED) is 0.660. The number of hydrogen-bond donors (Lipinski definition) is 2. The Morgan fingerprint density at radius 3 is 2.41 bits per heavy atom. The van der Waals surface area contributed by atoms with Crippen LogP contribution in [0.25, 0.3) is 5.69 Å². The third-order valence-electron chi connectivity index (χ3n) is 5.06. The van der Waals surface area contributed by atoms with Crippen molar-refractivity contribution < 1.29 is 7.59 Å². The van der Waals surface area contributed by atoms with Crippen LogP contribution in [-0.2, 0) is 0 Å². The SMILES string of the molecule is COc1ccc(=O)n(-c2ccc(N[C@H]3CC[C@H](Nc4cnc(C)cn4)C3)nc2)c1.[HH].[HH]. The largest absolute Gasteiger partial charge is 0.495 e.